The molecule has 0 aliphatic rings. The molecule has 0 saturated heterocycles. The molecule has 4 rings (SSSR count). The van der Waals surface area contributed by atoms with Gasteiger partial charge >= 0.3 is 0 Å². The van der Waals surface area contributed by atoms with Crippen LogP contribution in [-0.4, -0.2) is 33.4 Å². The highest BCUT2D eigenvalue weighted by atomic mass is 16.2. The summed E-state index contributed by atoms with van der Waals surface area (Å²) < 4.78 is 1.59. The van der Waals surface area contributed by atoms with Gasteiger partial charge in [-0.2, -0.15) is 0 Å². The molecule has 3 aromatic carbocycles. The Balaban J connectivity index is 1.79. The third kappa shape index (κ3) is 6.05. The number of nitrogens with zero attached hydrogens (tertiary/aromatic N) is 4. The van der Waals surface area contributed by atoms with Crippen LogP contribution in [0.2, 0.25) is 0 Å². The zero-order valence-electron chi connectivity index (χ0n) is 22.2. The van der Waals surface area contributed by atoms with Gasteiger partial charge in [0.05, 0.1) is 5.52 Å². The van der Waals surface area contributed by atoms with Crippen LogP contribution in [0.15, 0.2) is 66.7 Å². The Hall–Kier alpha value is -4.00. The van der Waals surface area contributed by atoms with Crippen LogP contribution < -0.4 is 10.2 Å². The summed E-state index contributed by atoms with van der Waals surface area (Å²) in [6.45, 7) is 10.7. The van der Waals surface area contributed by atoms with Crippen LogP contribution in [0.25, 0.3) is 11.0 Å². The number of fused-ring (bicyclic) bond motifs is 1. The van der Waals surface area contributed by atoms with Crippen molar-refractivity contribution in [3.05, 3.63) is 89.0 Å². The Morgan fingerprint density at radius 1 is 0.946 bits per heavy atom. The largest absolute Gasteiger partial charge is 0.354 e. The van der Waals surface area contributed by atoms with E-state index in [2.05, 4.69) is 29.5 Å². The highest BCUT2D eigenvalue weighted by Crippen LogP contribution is 2.32. The first-order valence-electron chi connectivity index (χ1n) is 12.8. The number of amides is 2. The summed E-state index contributed by atoms with van der Waals surface area (Å²) >= 11 is 0. The van der Waals surface area contributed by atoms with E-state index in [0.29, 0.717) is 18.2 Å². The molecule has 0 spiro atoms. The van der Waals surface area contributed by atoms with Crippen molar-refractivity contribution < 1.29 is 9.59 Å². The summed E-state index contributed by atoms with van der Waals surface area (Å²) in [5.41, 5.74) is 6.03. The predicted octanol–water partition coefficient (Wildman–Crippen LogP) is 5.29. The molecule has 1 N–H and O–H groups in total. The normalized spacial score (nSPS) is 12.1. The molecule has 2 amide bonds. The summed E-state index contributed by atoms with van der Waals surface area (Å²) in [4.78, 5) is 29.5. The average Bonchev–Trinajstić information content (AvgIpc) is 3.26. The second-order valence-corrected chi connectivity index (χ2v) is 10.1. The van der Waals surface area contributed by atoms with Gasteiger partial charge in [-0.25, -0.2) is 4.68 Å². The third-order valence-corrected chi connectivity index (χ3v) is 6.51. The highest BCUT2D eigenvalue weighted by molar-refractivity contribution is 6.02. The van der Waals surface area contributed by atoms with Crippen molar-refractivity contribution in [1.82, 2.24) is 20.3 Å². The lowest BCUT2D eigenvalue weighted by Gasteiger charge is -2.33. The number of carbonyl (C=O) groups excluding carboxylic acids is 2. The van der Waals surface area contributed by atoms with Crippen molar-refractivity contribution in [2.24, 2.45) is 5.92 Å². The fraction of sp³-hybridized carbons (Fsp3) is 0.333. The molecule has 0 aliphatic carbocycles. The molecule has 1 unspecified atom stereocenters. The van der Waals surface area contributed by atoms with E-state index < -0.39 is 6.04 Å². The SMILES string of the molecule is Cc1ccc(C(C(=O)NCCC(C)C)N(C(=O)Cn2nnc3ccccc32)c2ccc(C)cc2C)cc1. The zero-order chi connectivity index (χ0) is 26.5. The minimum absolute atomic E-state index is 0.0462. The van der Waals surface area contributed by atoms with Crippen molar-refractivity contribution >= 4 is 28.5 Å². The lowest BCUT2D eigenvalue weighted by Crippen LogP contribution is -2.46. The van der Waals surface area contributed by atoms with Gasteiger partial charge in [-0.05, 0) is 62.4 Å². The van der Waals surface area contributed by atoms with Crippen molar-refractivity contribution in [3.8, 4) is 0 Å². The molecule has 1 heterocycles. The van der Waals surface area contributed by atoms with E-state index in [4.69, 9.17) is 0 Å². The molecule has 4 aromatic rings. The Bertz CT molecular complexity index is 1390. The average molecular weight is 498 g/mol. The van der Waals surface area contributed by atoms with Crippen molar-refractivity contribution in [3.63, 3.8) is 0 Å². The van der Waals surface area contributed by atoms with Crippen LogP contribution in [0.5, 0.6) is 0 Å². The number of anilines is 1. The van der Waals surface area contributed by atoms with Crippen LogP contribution >= 0.6 is 0 Å². The first-order chi connectivity index (χ1) is 17.7. The molecule has 1 aromatic heterocycles. The molecule has 0 saturated carbocycles. The van der Waals surface area contributed by atoms with E-state index in [0.717, 1.165) is 39.7 Å². The summed E-state index contributed by atoms with van der Waals surface area (Å²) in [7, 11) is 0. The van der Waals surface area contributed by atoms with E-state index in [1.165, 1.54) is 0 Å². The van der Waals surface area contributed by atoms with Gasteiger partial charge < -0.3 is 5.32 Å². The maximum atomic E-state index is 14.1. The lowest BCUT2D eigenvalue weighted by atomic mass is 9.99. The van der Waals surface area contributed by atoms with Crippen LogP contribution in [0.3, 0.4) is 0 Å². The van der Waals surface area contributed by atoms with Crippen LogP contribution in [0.4, 0.5) is 5.69 Å². The van der Waals surface area contributed by atoms with E-state index in [1.54, 1.807) is 9.58 Å². The molecule has 0 bridgehead atoms. The lowest BCUT2D eigenvalue weighted by molar-refractivity contribution is -0.127. The minimum atomic E-state index is -0.837. The monoisotopic (exact) mass is 497 g/mol. The maximum Gasteiger partial charge on any atom is 0.249 e. The Kier molecular flexibility index (Phi) is 8.01. The van der Waals surface area contributed by atoms with Gasteiger partial charge in [-0.15, -0.1) is 5.10 Å². The number of aryl methyl sites for hydroxylation is 3. The number of para-hydroxylation sites is 1. The Labute approximate surface area is 218 Å². The second kappa shape index (κ2) is 11.4. The van der Waals surface area contributed by atoms with Gasteiger partial charge in [0.15, 0.2) is 0 Å². The Morgan fingerprint density at radius 3 is 2.35 bits per heavy atom. The molecule has 37 heavy (non-hydrogen) atoms. The molecule has 1 atom stereocenters. The van der Waals surface area contributed by atoms with Crippen molar-refractivity contribution in [1.29, 1.82) is 0 Å². The minimum Gasteiger partial charge on any atom is -0.354 e. The molecule has 7 nitrogen and oxygen atoms in total. The molecule has 7 heteroatoms. The van der Waals surface area contributed by atoms with E-state index in [1.807, 2.05) is 87.5 Å². The number of carbonyl (C=O) groups is 2. The smallest absolute Gasteiger partial charge is 0.249 e. The molecule has 0 fully saturated rings. The number of benzene rings is 3. The zero-order valence-corrected chi connectivity index (χ0v) is 22.2. The quantitative estimate of drug-likeness (QED) is 0.341. The maximum absolute atomic E-state index is 14.1. The van der Waals surface area contributed by atoms with Gasteiger partial charge in [0.1, 0.15) is 18.1 Å². The summed E-state index contributed by atoms with van der Waals surface area (Å²) in [6, 6.07) is 20.4. The summed E-state index contributed by atoms with van der Waals surface area (Å²) in [5.74, 6) is 0.00395. The topological polar surface area (TPSA) is 80.1 Å². The van der Waals surface area contributed by atoms with Gasteiger partial charge in [0, 0.05) is 12.2 Å². The fourth-order valence-corrected chi connectivity index (χ4v) is 4.48. The standard InChI is InChI=1S/C30H35N5O2/c1-20(2)16-17-31-30(37)29(24-13-10-21(3)11-14-24)35(26-15-12-22(4)18-23(26)5)28(36)19-34-27-9-7-6-8-25(27)32-33-34/h6-15,18,20,29H,16-17,19H2,1-5H3,(H,31,37). The van der Waals surface area contributed by atoms with Crippen LogP contribution in [-0.2, 0) is 16.1 Å². The Morgan fingerprint density at radius 2 is 1.65 bits per heavy atom. The summed E-state index contributed by atoms with van der Waals surface area (Å²) in [5, 5.41) is 11.5. The van der Waals surface area contributed by atoms with Gasteiger partial charge in [-0.1, -0.05) is 78.7 Å². The van der Waals surface area contributed by atoms with Crippen molar-refractivity contribution in [2.45, 2.75) is 53.6 Å². The third-order valence-electron chi connectivity index (χ3n) is 6.51. The van der Waals surface area contributed by atoms with Gasteiger partial charge in [0.2, 0.25) is 11.8 Å². The number of rotatable bonds is 9. The van der Waals surface area contributed by atoms with Crippen LogP contribution in [0.1, 0.15) is 48.6 Å². The molecule has 192 valence electrons. The van der Waals surface area contributed by atoms with E-state index >= 15 is 0 Å². The first-order valence-corrected chi connectivity index (χ1v) is 12.8. The molecular weight excluding hydrogens is 462 g/mol. The van der Waals surface area contributed by atoms with Crippen molar-refractivity contribution in [2.75, 3.05) is 11.4 Å². The molecule has 0 radical (unpaired) electrons. The van der Waals surface area contributed by atoms with Gasteiger partial charge in [-0.3, -0.25) is 14.5 Å². The van der Waals surface area contributed by atoms with E-state index in [9.17, 15) is 9.59 Å². The first kappa shape index (κ1) is 26.1. The summed E-state index contributed by atoms with van der Waals surface area (Å²) in [6.07, 6.45) is 0.856. The number of aromatic nitrogens is 3. The predicted molar refractivity (Wildman–Crippen MR) is 147 cm³/mol. The number of hydrogen-bond acceptors (Lipinski definition) is 4. The highest BCUT2D eigenvalue weighted by Gasteiger charge is 2.34. The van der Waals surface area contributed by atoms with Crippen LogP contribution in [0, 0.1) is 26.7 Å². The molecular formula is C30H35N5O2. The number of nitrogens with one attached hydrogen (secondary N) is 1. The van der Waals surface area contributed by atoms with E-state index in [-0.39, 0.29) is 18.4 Å². The van der Waals surface area contributed by atoms with Gasteiger partial charge in [0.25, 0.3) is 0 Å². The molecule has 0 aliphatic heterocycles. The fourth-order valence-electron chi connectivity index (χ4n) is 4.48. The second-order valence-electron chi connectivity index (χ2n) is 10.1. The number of hydrogen-bond donors (Lipinski definition) is 1.